The largest absolute Gasteiger partial charge is 0.436 e. The van der Waals surface area contributed by atoms with Crippen LogP contribution in [0.4, 0.5) is 15.9 Å². The van der Waals surface area contributed by atoms with Crippen LogP contribution in [0, 0.1) is 6.92 Å². The molecule has 1 aromatic carbocycles. The summed E-state index contributed by atoms with van der Waals surface area (Å²) in [6.45, 7) is 9.08. The molecule has 4 rings (SSSR count). The lowest BCUT2D eigenvalue weighted by Gasteiger charge is -2.11. The molecule has 194 valence electrons. The fourth-order valence-corrected chi connectivity index (χ4v) is 3.96. The standard InChI is InChI=1S/C25H25FN6O2S.C2H6/c1-5-18(26)22(6-2)34-23-9-14(3)21(13-28-23)32-25(27)17(12-29-32)24(33)20-10-15-7-8-16(31-35-4)11-19(15)30-20;1-2/h5-13,30-31H,27H2,1-4H3;1-2H3/b18-5+,22-6+;. The number of fused-ring (bicyclic) bond motifs is 1. The van der Waals surface area contributed by atoms with E-state index < -0.39 is 5.83 Å². The summed E-state index contributed by atoms with van der Waals surface area (Å²) >= 11 is 1.49. The fraction of sp³-hybridized carbons (Fsp3) is 0.222. The van der Waals surface area contributed by atoms with E-state index in [0.717, 1.165) is 22.2 Å². The van der Waals surface area contributed by atoms with Crippen molar-refractivity contribution in [1.82, 2.24) is 19.7 Å². The number of nitrogen functional groups attached to an aromatic ring is 1. The second-order valence-corrected chi connectivity index (χ2v) is 8.29. The number of H-pyrrole nitrogens is 1. The first-order valence-electron chi connectivity index (χ1n) is 11.8. The molecule has 4 aromatic rings. The van der Waals surface area contributed by atoms with Crippen LogP contribution >= 0.6 is 11.9 Å². The van der Waals surface area contributed by atoms with E-state index in [1.54, 1.807) is 26.0 Å². The van der Waals surface area contributed by atoms with Gasteiger partial charge >= 0.3 is 0 Å². The first kappa shape index (κ1) is 27.5. The number of pyridine rings is 1. The van der Waals surface area contributed by atoms with Gasteiger partial charge in [0.25, 0.3) is 0 Å². The van der Waals surface area contributed by atoms with Crippen molar-refractivity contribution >= 4 is 40.1 Å². The average Bonchev–Trinajstić information content (AvgIpc) is 3.51. The third-order valence-electron chi connectivity index (χ3n) is 5.39. The minimum Gasteiger partial charge on any atom is -0.436 e. The van der Waals surface area contributed by atoms with Crippen molar-refractivity contribution in [1.29, 1.82) is 0 Å². The van der Waals surface area contributed by atoms with E-state index in [1.807, 2.05) is 45.2 Å². The van der Waals surface area contributed by atoms with Crippen LogP contribution in [0.1, 0.15) is 49.3 Å². The number of anilines is 2. The van der Waals surface area contributed by atoms with Gasteiger partial charge < -0.3 is 20.2 Å². The number of carbonyl (C=O) groups excluding carboxylic acids is 1. The summed E-state index contributed by atoms with van der Waals surface area (Å²) < 4.78 is 24.1. The quantitative estimate of drug-likeness (QED) is 0.102. The number of ether oxygens (including phenoxy) is 1. The molecule has 0 saturated heterocycles. The molecular formula is C27H31FN6O2S. The van der Waals surface area contributed by atoms with Crippen molar-refractivity contribution in [3.8, 4) is 11.6 Å². The summed E-state index contributed by atoms with van der Waals surface area (Å²) in [7, 11) is 0. The lowest BCUT2D eigenvalue weighted by atomic mass is 10.1. The Morgan fingerprint density at radius 1 is 1.19 bits per heavy atom. The molecule has 0 aliphatic heterocycles. The van der Waals surface area contributed by atoms with Crippen molar-refractivity contribution < 1.29 is 13.9 Å². The van der Waals surface area contributed by atoms with E-state index >= 15 is 0 Å². The molecule has 0 spiro atoms. The number of rotatable bonds is 8. The molecule has 0 atom stereocenters. The zero-order chi connectivity index (χ0) is 27.1. The summed E-state index contributed by atoms with van der Waals surface area (Å²) in [5, 5.41) is 5.23. The maximum atomic E-state index is 13.9. The molecule has 0 unspecified atom stereocenters. The Morgan fingerprint density at radius 2 is 1.95 bits per heavy atom. The lowest BCUT2D eigenvalue weighted by Crippen LogP contribution is -2.09. The zero-order valence-electron chi connectivity index (χ0n) is 21.7. The molecule has 0 saturated carbocycles. The smallest absolute Gasteiger partial charge is 0.219 e. The van der Waals surface area contributed by atoms with Gasteiger partial charge in [-0.1, -0.05) is 31.9 Å². The second kappa shape index (κ2) is 12.3. The molecule has 3 heterocycles. The van der Waals surface area contributed by atoms with Gasteiger partial charge in [0.1, 0.15) is 5.82 Å². The Balaban J connectivity index is 0.00000186. The number of benzene rings is 1. The number of aryl methyl sites for hydroxylation is 1. The van der Waals surface area contributed by atoms with Crippen molar-refractivity contribution in [2.24, 2.45) is 0 Å². The summed E-state index contributed by atoms with van der Waals surface area (Å²) in [5.41, 5.74) is 10.1. The minimum absolute atomic E-state index is 0.0771. The first-order chi connectivity index (χ1) is 17.9. The van der Waals surface area contributed by atoms with Gasteiger partial charge in [-0.15, -0.1) is 0 Å². The normalized spacial score (nSPS) is 11.8. The molecule has 8 nitrogen and oxygen atoms in total. The van der Waals surface area contributed by atoms with Gasteiger partial charge in [-0.25, -0.2) is 14.1 Å². The summed E-state index contributed by atoms with van der Waals surface area (Å²) in [4.78, 5) is 20.6. The number of allylic oxidation sites excluding steroid dienone is 3. The number of halogens is 1. The van der Waals surface area contributed by atoms with E-state index in [0.29, 0.717) is 11.4 Å². The Morgan fingerprint density at radius 3 is 2.59 bits per heavy atom. The molecule has 0 amide bonds. The van der Waals surface area contributed by atoms with Crippen LogP contribution in [-0.2, 0) is 0 Å². The van der Waals surface area contributed by atoms with Gasteiger partial charge in [0.05, 0.1) is 29.3 Å². The number of nitrogens with one attached hydrogen (secondary N) is 2. The number of ketones is 1. The van der Waals surface area contributed by atoms with Crippen LogP contribution in [0.5, 0.6) is 5.88 Å². The number of hydrogen-bond acceptors (Lipinski definition) is 7. The predicted octanol–water partition coefficient (Wildman–Crippen LogP) is 6.74. The van der Waals surface area contributed by atoms with Crippen molar-refractivity contribution in [3.05, 3.63) is 83.3 Å². The highest BCUT2D eigenvalue weighted by molar-refractivity contribution is 7.99. The van der Waals surface area contributed by atoms with Crippen LogP contribution in [0.15, 0.2) is 66.5 Å². The minimum atomic E-state index is -0.482. The molecule has 0 bridgehead atoms. The monoisotopic (exact) mass is 522 g/mol. The fourth-order valence-electron chi connectivity index (χ4n) is 3.60. The Kier molecular flexibility index (Phi) is 9.13. The van der Waals surface area contributed by atoms with E-state index in [9.17, 15) is 9.18 Å². The van der Waals surface area contributed by atoms with E-state index in [4.69, 9.17) is 10.5 Å². The highest BCUT2D eigenvalue weighted by Crippen LogP contribution is 2.27. The van der Waals surface area contributed by atoms with Crippen LogP contribution in [0.3, 0.4) is 0 Å². The number of hydrogen-bond donors (Lipinski definition) is 3. The third kappa shape index (κ3) is 5.86. The summed E-state index contributed by atoms with van der Waals surface area (Å²) in [6, 6.07) is 9.27. The molecule has 4 N–H and O–H groups in total. The zero-order valence-corrected chi connectivity index (χ0v) is 22.5. The van der Waals surface area contributed by atoms with Crippen LogP contribution in [0.2, 0.25) is 0 Å². The van der Waals surface area contributed by atoms with Gasteiger partial charge in [-0.05, 0) is 56.7 Å². The van der Waals surface area contributed by atoms with Gasteiger partial charge in [0.2, 0.25) is 11.7 Å². The van der Waals surface area contributed by atoms with Gasteiger partial charge in [-0.3, -0.25) is 4.79 Å². The number of aromatic amines is 1. The summed E-state index contributed by atoms with van der Waals surface area (Å²) in [6.07, 6.45) is 7.73. The molecule has 37 heavy (non-hydrogen) atoms. The van der Waals surface area contributed by atoms with Crippen LogP contribution < -0.4 is 15.2 Å². The average molecular weight is 523 g/mol. The lowest BCUT2D eigenvalue weighted by molar-refractivity contribution is 0.103. The number of nitrogens with zero attached hydrogens (tertiary/aromatic N) is 3. The number of carbonyl (C=O) groups is 1. The highest BCUT2D eigenvalue weighted by Gasteiger charge is 2.21. The van der Waals surface area contributed by atoms with E-state index in [-0.39, 0.29) is 28.8 Å². The molecular weight excluding hydrogens is 491 g/mol. The van der Waals surface area contributed by atoms with Crippen molar-refractivity contribution in [2.75, 3.05) is 16.7 Å². The van der Waals surface area contributed by atoms with Crippen molar-refractivity contribution in [3.63, 3.8) is 0 Å². The third-order valence-corrected chi connectivity index (χ3v) is 5.83. The highest BCUT2D eigenvalue weighted by atomic mass is 32.2. The van der Waals surface area contributed by atoms with Gasteiger partial charge in [-0.2, -0.15) is 5.10 Å². The van der Waals surface area contributed by atoms with Crippen molar-refractivity contribution in [2.45, 2.75) is 34.6 Å². The van der Waals surface area contributed by atoms with Gasteiger partial charge in [0, 0.05) is 28.9 Å². The number of aromatic nitrogens is 4. The Labute approximate surface area is 219 Å². The SMILES string of the molecule is C/C=C(F)\C(=C/C)Oc1cc(C)c(-n2ncc(C(=O)c3cc4ccc(NSC)cc4[nH]3)c2N)cn1.CC. The second-order valence-electron chi connectivity index (χ2n) is 7.68. The summed E-state index contributed by atoms with van der Waals surface area (Å²) in [5.74, 6) is -0.259. The van der Waals surface area contributed by atoms with Crippen LogP contribution in [0.25, 0.3) is 16.6 Å². The maximum Gasteiger partial charge on any atom is 0.219 e. The topological polar surface area (TPSA) is 111 Å². The number of nitrogens with two attached hydrogens (primary N) is 1. The molecule has 0 radical (unpaired) electrons. The van der Waals surface area contributed by atoms with Gasteiger partial charge in [0.15, 0.2) is 11.6 Å². The van der Waals surface area contributed by atoms with E-state index in [2.05, 4.69) is 19.8 Å². The molecule has 0 aliphatic rings. The Bertz CT molecular complexity index is 1470. The van der Waals surface area contributed by atoms with E-state index in [1.165, 1.54) is 41.2 Å². The Hall–Kier alpha value is -4.05. The molecule has 0 aliphatic carbocycles. The molecule has 3 aromatic heterocycles. The maximum absolute atomic E-state index is 13.9. The molecule has 0 fully saturated rings. The molecule has 10 heteroatoms. The predicted molar refractivity (Wildman–Crippen MR) is 150 cm³/mol. The first-order valence-corrected chi connectivity index (χ1v) is 13.0. The van der Waals surface area contributed by atoms with Crippen LogP contribution in [-0.4, -0.2) is 31.8 Å².